The van der Waals surface area contributed by atoms with Gasteiger partial charge in [-0.2, -0.15) is 0 Å². The molecule has 1 heterocycles. The molecular formula is C24H19FN2O4. The van der Waals surface area contributed by atoms with Crippen LogP contribution >= 0.6 is 0 Å². The summed E-state index contributed by atoms with van der Waals surface area (Å²) in [6, 6.07) is 20.8. The maximum absolute atomic E-state index is 13.7. The van der Waals surface area contributed by atoms with Gasteiger partial charge in [0.05, 0.1) is 12.1 Å². The molecule has 1 aromatic heterocycles. The van der Waals surface area contributed by atoms with Gasteiger partial charge in [-0.1, -0.05) is 35.5 Å². The fourth-order valence-corrected chi connectivity index (χ4v) is 3.38. The van der Waals surface area contributed by atoms with Crippen LogP contribution in [-0.4, -0.2) is 28.5 Å². The highest BCUT2D eigenvalue weighted by Crippen LogP contribution is 2.25. The molecule has 0 spiro atoms. The molecule has 0 radical (unpaired) electrons. The standard InChI is InChI=1S/C24H19FN2O4/c1-30-26-22(16-6-5-9-19(12-16)31-18-7-3-2-4-8-18)15-27-14-21(24(28)29)20-13-17(25)10-11-23(20)27/h2-14H,15H2,1H3,(H,28,29)/b26-22+. The first-order valence-corrected chi connectivity index (χ1v) is 9.50. The summed E-state index contributed by atoms with van der Waals surface area (Å²) in [6.45, 7) is 0.220. The first-order chi connectivity index (χ1) is 15.0. The van der Waals surface area contributed by atoms with Crippen molar-refractivity contribution in [3.63, 3.8) is 0 Å². The molecular weight excluding hydrogens is 399 g/mol. The molecule has 3 aromatic carbocycles. The molecule has 1 N–H and O–H groups in total. The highest BCUT2D eigenvalue weighted by Gasteiger charge is 2.17. The van der Waals surface area contributed by atoms with E-state index in [1.807, 2.05) is 54.6 Å². The normalized spacial score (nSPS) is 11.5. The average Bonchev–Trinajstić information content (AvgIpc) is 3.12. The van der Waals surface area contributed by atoms with E-state index in [0.29, 0.717) is 28.1 Å². The van der Waals surface area contributed by atoms with E-state index in [-0.39, 0.29) is 12.1 Å². The summed E-state index contributed by atoms with van der Waals surface area (Å²) in [5, 5.41) is 14.0. The number of nitrogens with zero attached hydrogens (tertiary/aromatic N) is 2. The minimum absolute atomic E-state index is 0.0208. The van der Waals surface area contributed by atoms with Gasteiger partial charge in [-0.25, -0.2) is 9.18 Å². The van der Waals surface area contributed by atoms with Crippen LogP contribution in [0.1, 0.15) is 15.9 Å². The Hall–Kier alpha value is -4.13. The smallest absolute Gasteiger partial charge is 0.337 e. The molecule has 4 aromatic rings. The first kappa shape index (κ1) is 20.2. The van der Waals surface area contributed by atoms with E-state index in [9.17, 15) is 14.3 Å². The summed E-state index contributed by atoms with van der Waals surface area (Å²) < 4.78 is 21.3. The molecule has 6 nitrogen and oxygen atoms in total. The lowest BCUT2D eigenvalue weighted by Gasteiger charge is -2.11. The Bertz CT molecular complexity index is 1270. The van der Waals surface area contributed by atoms with E-state index < -0.39 is 11.8 Å². The van der Waals surface area contributed by atoms with Crippen molar-refractivity contribution in [3.8, 4) is 11.5 Å². The van der Waals surface area contributed by atoms with Gasteiger partial charge in [0.25, 0.3) is 0 Å². The quantitative estimate of drug-likeness (QED) is 0.326. The number of carboxylic acid groups (broad SMARTS) is 1. The Morgan fingerprint density at radius 2 is 1.81 bits per heavy atom. The number of aromatic carboxylic acids is 1. The zero-order valence-electron chi connectivity index (χ0n) is 16.7. The predicted octanol–water partition coefficient (Wildman–Crippen LogP) is 5.32. The van der Waals surface area contributed by atoms with Crippen molar-refractivity contribution in [2.75, 3.05) is 7.11 Å². The maximum atomic E-state index is 13.7. The first-order valence-electron chi connectivity index (χ1n) is 9.50. The zero-order valence-corrected chi connectivity index (χ0v) is 16.7. The molecule has 7 heteroatoms. The number of benzene rings is 3. The topological polar surface area (TPSA) is 73.1 Å². The van der Waals surface area contributed by atoms with Gasteiger partial charge in [-0.05, 0) is 42.5 Å². The van der Waals surface area contributed by atoms with Crippen molar-refractivity contribution in [3.05, 3.63) is 95.9 Å². The van der Waals surface area contributed by atoms with Crippen LogP contribution in [0.2, 0.25) is 0 Å². The number of aromatic nitrogens is 1. The molecule has 0 bridgehead atoms. The Kier molecular flexibility index (Phi) is 5.66. The number of carboxylic acids is 1. The number of para-hydroxylation sites is 1. The number of carbonyl (C=O) groups is 1. The Labute approximate surface area is 177 Å². The molecule has 0 saturated heterocycles. The minimum atomic E-state index is -1.13. The number of oxime groups is 1. The van der Waals surface area contributed by atoms with E-state index in [4.69, 9.17) is 9.57 Å². The lowest BCUT2D eigenvalue weighted by Crippen LogP contribution is -2.12. The summed E-state index contributed by atoms with van der Waals surface area (Å²) in [5.41, 5.74) is 1.90. The molecule has 156 valence electrons. The third-order valence-corrected chi connectivity index (χ3v) is 4.74. The molecule has 0 saturated carbocycles. The molecule has 0 aliphatic carbocycles. The summed E-state index contributed by atoms with van der Waals surface area (Å²) in [7, 11) is 1.44. The van der Waals surface area contributed by atoms with E-state index >= 15 is 0 Å². The largest absolute Gasteiger partial charge is 0.478 e. The number of hydrogen-bond donors (Lipinski definition) is 1. The van der Waals surface area contributed by atoms with Gasteiger partial charge in [0.1, 0.15) is 30.1 Å². The van der Waals surface area contributed by atoms with E-state index in [0.717, 1.165) is 5.56 Å². The van der Waals surface area contributed by atoms with Crippen molar-refractivity contribution < 1.29 is 23.9 Å². The van der Waals surface area contributed by atoms with Gasteiger partial charge >= 0.3 is 5.97 Å². The van der Waals surface area contributed by atoms with Crippen molar-refractivity contribution in [1.29, 1.82) is 0 Å². The zero-order chi connectivity index (χ0) is 21.8. The van der Waals surface area contributed by atoms with Crippen molar-refractivity contribution in [2.24, 2.45) is 5.16 Å². The summed E-state index contributed by atoms with van der Waals surface area (Å²) in [4.78, 5) is 16.7. The number of hydrogen-bond acceptors (Lipinski definition) is 4. The van der Waals surface area contributed by atoms with Crippen LogP contribution in [0.4, 0.5) is 4.39 Å². The van der Waals surface area contributed by atoms with Crippen LogP contribution < -0.4 is 4.74 Å². The number of halogens is 1. The van der Waals surface area contributed by atoms with Crippen LogP contribution in [0, 0.1) is 5.82 Å². The van der Waals surface area contributed by atoms with Gasteiger partial charge < -0.3 is 19.2 Å². The van der Waals surface area contributed by atoms with Crippen molar-refractivity contribution in [2.45, 2.75) is 6.54 Å². The lowest BCUT2D eigenvalue weighted by molar-refractivity contribution is 0.0699. The molecule has 0 amide bonds. The SMILES string of the molecule is CO/N=C(\Cn1cc(C(=O)O)c2cc(F)ccc21)c1cccc(Oc2ccccc2)c1. The fraction of sp³-hybridized carbons (Fsp3) is 0.0833. The van der Waals surface area contributed by atoms with Gasteiger partial charge in [-0.15, -0.1) is 0 Å². The molecule has 0 unspecified atom stereocenters. The van der Waals surface area contributed by atoms with Gasteiger partial charge in [0.15, 0.2) is 0 Å². The van der Waals surface area contributed by atoms with Crippen molar-refractivity contribution >= 4 is 22.6 Å². The lowest BCUT2D eigenvalue weighted by atomic mass is 10.1. The number of ether oxygens (including phenoxy) is 1. The number of fused-ring (bicyclic) bond motifs is 1. The van der Waals surface area contributed by atoms with Gasteiger partial charge in [0.2, 0.25) is 0 Å². The van der Waals surface area contributed by atoms with Crippen LogP contribution in [0.5, 0.6) is 11.5 Å². The van der Waals surface area contributed by atoms with Crippen molar-refractivity contribution in [1.82, 2.24) is 4.57 Å². The van der Waals surface area contributed by atoms with Gasteiger partial charge in [0, 0.05) is 22.7 Å². The molecule has 0 atom stereocenters. The van der Waals surface area contributed by atoms with E-state index in [1.165, 1.54) is 25.4 Å². The highest BCUT2D eigenvalue weighted by molar-refractivity contribution is 6.05. The summed E-state index contributed by atoms with van der Waals surface area (Å²) in [5.74, 6) is -0.297. The van der Waals surface area contributed by atoms with Crippen LogP contribution in [0.3, 0.4) is 0 Å². The average molecular weight is 418 g/mol. The molecule has 31 heavy (non-hydrogen) atoms. The minimum Gasteiger partial charge on any atom is -0.478 e. The Morgan fingerprint density at radius 3 is 2.55 bits per heavy atom. The van der Waals surface area contributed by atoms with Gasteiger partial charge in [-0.3, -0.25) is 0 Å². The van der Waals surface area contributed by atoms with E-state index in [2.05, 4.69) is 5.16 Å². The van der Waals surface area contributed by atoms with Crippen LogP contribution in [0.15, 0.2) is 84.1 Å². The second-order valence-electron chi connectivity index (χ2n) is 6.80. The highest BCUT2D eigenvalue weighted by atomic mass is 19.1. The fourth-order valence-electron chi connectivity index (χ4n) is 3.38. The molecule has 4 rings (SSSR count). The summed E-state index contributed by atoms with van der Waals surface area (Å²) in [6.07, 6.45) is 1.47. The molecule has 0 aliphatic rings. The van der Waals surface area contributed by atoms with Crippen LogP contribution in [0.25, 0.3) is 10.9 Å². The maximum Gasteiger partial charge on any atom is 0.337 e. The van der Waals surface area contributed by atoms with E-state index in [1.54, 1.807) is 10.6 Å². The third-order valence-electron chi connectivity index (χ3n) is 4.74. The second kappa shape index (κ2) is 8.71. The Balaban J connectivity index is 1.69. The predicted molar refractivity (Wildman–Crippen MR) is 115 cm³/mol. The summed E-state index contributed by atoms with van der Waals surface area (Å²) >= 11 is 0. The number of rotatable bonds is 7. The van der Waals surface area contributed by atoms with Crippen LogP contribution in [-0.2, 0) is 11.4 Å². The molecule has 0 aliphatic heterocycles. The molecule has 0 fully saturated rings. The second-order valence-corrected chi connectivity index (χ2v) is 6.80. The Morgan fingerprint density at radius 1 is 1.03 bits per heavy atom. The monoisotopic (exact) mass is 418 g/mol. The third kappa shape index (κ3) is 4.40.